The van der Waals surface area contributed by atoms with Crippen LogP contribution in [0.4, 0.5) is 5.69 Å². The average molecular weight is 251 g/mol. The third-order valence-corrected chi connectivity index (χ3v) is 2.75. The maximum Gasteiger partial charge on any atom is 0.274 e. The molecule has 6 heteroatoms. The fourth-order valence-electron chi connectivity index (χ4n) is 1.35. The minimum atomic E-state index is -0.677. The molecule has 18 heavy (non-hydrogen) atoms. The van der Waals surface area contributed by atoms with Crippen molar-refractivity contribution in [3.05, 3.63) is 39.9 Å². The molecule has 1 amide bonds. The summed E-state index contributed by atoms with van der Waals surface area (Å²) in [6.07, 6.45) is 0. The van der Waals surface area contributed by atoms with E-state index in [1.54, 1.807) is 32.0 Å². The van der Waals surface area contributed by atoms with E-state index in [1.165, 1.54) is 6.07 Å². The minimum Gasteiger partial charge on any atom is -0.351 e. The van der Waals surface area contributed by atoms with Gasteiger partial charge in [0.1, 0.15) is 0 Å². The molecule has 0 bridgehead atoms. The van der Waals surface area contributed by atoms with Gasteiger partial charge in [0, 0.05) is 24.7 Å². The smallest absolute Gasteiger partial charge is 0.274 e. The lowest BCUT2D eigenvalue weighted by Crippen LogP contribution is -2.41. The second kappa shape index (κ2) is 5.59. The summed E-state index contributed by atoms with van der Waals surface area (Å²) >= 11 is 0. The first-order chi connectivity index (χ1) is 8.38. The molecule has 0 heterocycles. The van der Waals surface area contributed by atoms with E-state index < -0.39 is 10.3 Å². The Labute approximate surface area is 105 Å². The number of hydrogen-bond donors (Lipinski definition) is 2. The maximum atomic E-state index is 11.8. The molecule has 0 aromatic heterocycles. The molecular weight excluding hydrogens is 234 g/mol. The summed E-state index contributed by atoms with van der Waals surface area (Å²) < 4.78 is 0. The number of nitro groups is 1. The van der Waals surface area contributed by atoms with Gasteiger partial charge in [-0.15, -0.1) is 0 Å². The molecule has 0 spiro atoms. The molecule has 98 valence electrons. The first kappa shape index (κ1) is 14.1. The zero-order valence-electron chi connectivity index (χ0n) is 10.5. The van der Waals surface area contributed by atoms with Gasteiger partial charge in [-0.1, -0.05) is 18.2 Å². The van der Waals surface area contributed by atoms with Gasteiger partial charge in [-0.25, -0.2) is 0 Å². The Balaban J connectivity index is 2.76. The highest BCUT2D eigenvalue weighted by Crippen LogP contribution is 2.18. The lowest BCUT2D eigenvalue weighted by molar-refractivity contribution is -0.385. The number of hydrogen-bond acceptors (Lipinski definition) is 4. The van der Waals surface area contributed by atoms with Gasteiger partial charge >= 0.3 is 0 Å². The van der Waals surface area contributed by atoms with E-state index in [1.807, 2.05) is 0 Å². The maximum absolute atomic E-state index is 11.8. The summed E-state index contributed by atoms with van der Waals surface area (Å²) in [6.45, 7) is 3.79. The first-order valence-electron chi connectivity index (χ1n) is 5.59. The van der Waals surface area contributed by atoms with Crippen LogP contribution in [0.1, 0.15) is 19.4 Å². The molecule has 0 aliphatic carbocycles. The third kappa shape index (κ3) is 3.27. The van der Waals surface area contributed by atoms with Gasteiger partial charge in [0.25, 0.3) is 5.69 Å². The number of amides is 1. The zero-order valence-corrected chi connectivity index (χ0v) is 10.5. The van der Waals surface area contributed by atoms with E-state index in [0.29, 0.717) is 5.56 Å². The molecule has 0 saturated heterocycles. The first-order valence-corrected chi connectivity index (χ1v) is 5.59. The summed E-state index contributed by atoms with van der Waals surface area (Å²) in [7, 11) is 0. The Bertz CT molecular complexity index is 458. The van der Waals surface area contributed by atoms with Crippen molar-refractivity contribution in [1.82, 2.24) is 5.32 Å². The lowest BCUT2D eigenvalue weighted by Gasteiger charge is -2.21. The van der Waals surface area contributed by atoms with Gasteiger partial charge in [0.15, 0.2) is 0 Å². The van der Waals surface area contributed by atoms with Crippen molar-refractivity contribution in [2.45, 2.75) is 20.4 Å². The number of nitrogens with zero attached hydrogens (tertiary/aromatic N) is 1. The van der Waals surface area contributed by atoms with Gasteiger partial charge in [-0.05, 0) is 13.8 Å². The number of carbonyl (C=O) groups is 1. The summed E-state index contributed by atoms with van der Waals surface area (Å²) in [5.74, 6) is -0.219. The molecular formula is C12H17N3O3. The molecule has 0 radical (unpaired) electrons. The molecule has 3 N–H and O–H groups in total. The van der Waals surface area contributed by atoms with Crippen molar-refractivity contribution in [1.29, 1.82) is 0 Å². The van der Waals surface area contributed by atoms with Gasteiger partial charge < -0.3 is 11.1 Å². The Kier molecular flexibility index (Phi) is 4.38. The van der Waals surface area contributed by atoms with Crippen LogP contribution in [-0.4, -0.2) is 17.4 Å². The van der Waals surface area contributed by atoms with Crippen LogP contribution in [0.25, 0.3) is 0 Å². The number of nitrogens with one attached hydrogen (secondary N) is 1. The van der Waals surface area contributed by atoms with Crippen molar-refractivity contribution in [2.75, 3.05) is 6.54 Å². The number of nitrogens with two attached hydrogens (primary N) is 1. The van der Waals surface area contributed by atoms with Crippen molar-refractivity contribution in [3.63, 3.8) is 0 Å². The summed E-state index contributed by atoms with van der Waals surface area (Å²) in [4.78, 5) is 22.1. The second-order valence-corrected chi connectivity index (χ2v) is 4.66. The molecule has 1 aromatic carbocycles. The quantitative estimate of drug-likeness (QED) is 0.606. The van der Waals surface area contributed by atoms with Gasteiger partial charge in [-0.2, -0.15) is 0 Å². The Morgan fingerprint density at radius 1 is 1.44 bits per heavy atom. The van der Waals surface area contributed by atoms with Gasteiger partial charge in [0.2, 0.25) is 5.91 Å². The van der Waals surface area contributed by atoms with E-state index >= 15 is 0 Å². The topological polar surface area (TPSA) is 98.3 Å². The Morgan fingerprint density at radius 3 is 2.61 bits per heavy atom. The van der Waals surface area contributed by atoms with Crippen molar-refractivity contribution in [3.8, 4) is 0 Å². The van der Waals surface area contributed by atoms with E-state index in [-0.39, 0.29) is 24.7 Å². The SMILES string of the molecule is CC(C)(CN)C(=O)NCc1ccccc1[N+](=O)[O-]. The van der Waals surface area contributed by atoms with Crippen LogP contribution in [0.2, 0.25) is 0 Å². The molecule has 0 aliphatic rings. The number of carbonyl (C=O) groups excluding carboxylic acids is 1. The second-order valence-electron chi connectivity index (χ2n) is 4.66. The van der Waals surface area contributed by atoms with Crippen molar-refractivity contribution >= 4 is 11.6 Å². The lowest BCUT2D eigenvalue weighted by atomic mass is 9.92. The predicted molar refractivity (Wildman–Crippen MR) is 67.8 cm³/mol. The molecule has 0 atom stereocenters. The fourth-order valence-corrected chi connectivity index (χ4v) is 1.35. The van der Waals surface area contributed by atoms with Crippen LogP contribution in [0.3, 0.4) is 0 Å². The van der Waals surface area contributed by atoms with Crippen molar-refractivity contribution in [2.24, 2.45) is 11.1 Å². The monoisotopic (exact) mass is 251 g/mol. The van der Waals surface area contributed by atoms with E-state index in [0.717, 1.165) is 0 Å². The van der Waals surface area contributed by atoms with Crippen LogP contribution in [0, 0.1) is 15.5 Å². The van der Waals surface area contributed by atoms with Crippen LogP contribution in [0.5, 0.6) is 0 Å². The molecule has 1 rings (SSSR count). The molecule has 1 aromatic rings. The standard InChI is InChI=1S/C12H17N3O3/c1-12(2,8-13)11(16)14-7-9-5-3-4-6-10(9)15(17)18/h3-6H,7-8,13H2,1-2H3,(H,14,16). The highest BCUT2D eigenvalue weighted by atomic mass is 16.6. The number of benzene rings is 1. The molecule has 0 unspecified atom stereocenters. The summed E-state index contributed by atoms with van der Waals surface area (Å²) in [6, 6.07) is 6.32. The minimum absolute atomic E-state index is 0.00311. The molecule has 0 fully saturated rings. The molecule has 0 saturated carbocycles. The average Bonchev–Trinajstić information content (AvgIpc) is 2.36. The van der Waals surface area contributed by atoms with Gasteiger partial charge in [-0.3, -0.25) is 14.9 Å². The number of para-hydroxylation sites is 1. The molecule has 0 aliphatic heterocycles. The number of rotatable bonds is 5. The van der Waals surface area contributed by atoms with Crippen LogP contribution < -0.4 is 11.1 Å². The normalized spacial score (nSPS) is 11.1. The van der Waals surface area contributed by atoms with Gasteiger partial charge in [0.05, 0.1) is 10.3 Å². The van der Waals surface area contributed by atoms with Crippen molar-refractivity contribution < 1.29 is 9.72 Å². The highest BCUT2D eigenvalue weighted by Gasteiger charge is 2.25. The Morgan fingerprint density at radius 2 is 2.06 bits per heavy atom. The molecule has 6 nitrogen and oxygen atoms in total. The van der Waals surface area contributed by atoms with E-state index in [2.05, 4.69) is 5.32 Å². The third-order valence-electron chi connectivity index (χ3n) is 2.75. The summed E-state index contributed by atoms with van der Waals surface area (Å²) in [5, 5.41) is 13.5. The Hall–Kier alpha value is -1.95. The van der Waals surface area contributed by atoms with E-state index in [9.17, 15) is 14.9 Å². The zero-order chi connectivity index (χ0) is 13.8. The van der Waals surface area contributed by atoms with E-state index in [4.69, 9.17) is 5.73 Å². The van der Waals surface area contributed by atoms with Crippen LogP contribution in [0.15, 0.2) is 24.3 Å². The largest absolute Gasteiger partial charge is 0.351 e. The predicted octanol–water partition coefficient (Wildman–Crippen LogP) is 1.20. The summed E-state index contributed by atoms with van der Waals surface area (Å²) in [5.41, 5.74) is 5.29. The highest BCUT2D eigenvalue weighted by molar-refractivity contribution is 5.82. The fraction of sp³-hybridized carbons (Fsp3) is 0.417. The van der Waals surface area contributed by atoms with Crippen LogP contribution in [-0.2, 0) is 11.3 Å². The van der Waals surface area contributed by atoms with Crippen LogP contribution >= 0.6 is 0 Å². The number of nitro benzene ring substituents is 1.